The fourth-order valence-corrected chi connectivity index (χ4v) is 3.75. The fraction of sp³-hybridized carbons (Fsp3) is 0.238. The third-order valence-electron chi connectivity index (χ3n) is 5.04. The highest BCUT2D eigenvalue weighted by Crippen LogP contribution is 2.33. The number of nitro benzene ring substituents is 1. The molecule has 154 valence electrons. The van der Waals surface area contributed by atoms with E-state index in [0.29, 0.717) is 29.5 Å². The van der Waals surface area contributed by atoms with Gasteiger partial charge in [-0.2, -0.15) is 0 Å². The summed E-state index contributed by atoms with van der Waals surface area (Å²) in [4.78, 5) is 29.9. The zero-order valence-corrected chi connectivity index (χ0v) is 17.0. The summed E-state index contributed by atoms with van der Waals surface area (Å²) in [5.41, 5.74) is 0.581. The molecule has 1 saturated heterocycles. The Kier molecular flexibility index (Phi) is 5.41. The number of carbonyl (C=O) groups excluding carboxylic acids is 1. The Hall–Kier alpha value is -3.39. The fourth-order valence-electron chi connectivity index (χ4n) is 3.57. The first kappa shape index (κ1) is 19.9. The van der Waals surface area contributed by atoms with Gasteiger partial charge in [0.15, 0.2) is 5.82 Å². The number of rotatable bonds is 6. The molecule has 0 spiro atoms. The minimum Gasteiger partial charge on any atom is -0.488 e. The van der Waals surface area contributed by atoms with Crippen molar-refractivity contribution in [3.8, 4) is 5.75 Å². The Morgan fingerprint density at radius 3 is 2.83 bits per heavy atom. The molecule has 4 rings (SSSR count). The monoisotopic (exact) mass is 426 g/mol. The molecular formula is C21H19ClN4O4. The van der Waals surface area contributed by atoms with Gasteiger partial charge in [-0.15, -0.1) is 0 Å². The van der Waals surface area contributed by atoms with Gasteiger partial charge in [0.25, 0.3) is 5.69 Å². The Morgan fingerprint density at radius 2 is 2.13 bits per heavy atom. The molecule has 0 aliphatic carbocycles. The number of nitro groups is 1. The summed E-state index contributed by atoms with van der Waals surface area (Å²) >= 11 is 6.00. The van der Waals surface area contributed by atoms with Crippen LogP contribution in [0, 0.1) is 10.1 Å². The van der Waals surface area contributed by atoms with Crippen LogP contribution in [0.25, 0.3) is 0 Å². The van der Waals surface area contributed by atoms with E-state index in [2.05, 4.69) is 4.98 Å². The molecule has 1 unspecified atom stereocenters. The van der Waals surface area contributed by atoms with Crippen LogP contribution in [0.5, 0.6) is 5.75 Å². The standard InChI is InChI=1S/C21H19ClN4O4/c1-24-10-8-23-21(24)20(27)14-5-6-18(19(11-14)26(28)29)25-9-7-17(13-25)30-16-4-2-3-15(22)12-16/h2-6,8,10-12,17H,7,9,13H2,1H3. The number of imidazole rings is 1. The Balaban J connectivity index is 1.55. The van der Waals surface area contributed by atoms with Gasteiger partial charge in [0.1, 0.15) is 17.5 Å². The second-order valence-electron chi connectivity index (χ2n) is 7.08. The van der Waals surface area contributed by atoms with E-state index in [1.165, 1.54) is 12.3 Å². The molecular weight excluding hydrogens is 408 g/mol. The number of aryl methyl sites for hydroxylation is 1. The molecule has 0 N–H and O–H groups in total. The van der Waals surface area contributed by atoms with E-state index in [9.17, 15) is 14.9 Å². The summed E-state index contributed by atoms with van der Waals surface area (Å²) in [6, 6.07) is 11.7. The van der Waals surface area contributed by atoms with Gasteiger partial charge in [-0.25, -0.2) is 4.98 Å². The van der Waals surface area contributed by atoms with E-state index in [4.69, 9.17) is 16.3 Å². The van der Waals surface area contributed by atoms with E-state index < -0.39 is 4.92 Å². The summed E-state index contributed by atoms with van der Waals surface area (Å²) in [6.45, 7) is 1.11. The number of carbonyl (C=O) groups is 1. The molecule has 0 saturated carbocycles. The van der Waals surface area contributed by atoms with E-state index in [0.717, 1.165) is 6.42 Å². The second kappa shape index (κ2) is 8.16. The lowest BCUT2D eigenvalue weighted by molar-refractivity contribution is -0.384. The summed E-state index contributed by atoms with van der Waals surface area (Å²) in [5, 5.41) is 12.3. The number of nitrogens with zero attached hydrogens (tertiary/aromatic N) is 4. The molecule has 8 nitrogen and oxygen atoms in total. The maximum atomic E-state index is 12.7. The van der Waals surface area contributed by atoms with Crippen molar-refractivity contribution in [1.29, 1.82) is 0 Å². The molecule has 0 radical (unpaired) electrons. The number of halogens is 1. The topological polar surface area (TPSA) is 90.5 Å². The number of aromatic nitrogens is 2. The predicted octanol–water partition coefficient (Wildman–Crippen LogP) is 3.87. The van der Waals surface area contributed by atoms with Crippen molar-refractivity contribution in [2.24, 2.45) is 7.05 Å². The van der Waals surface area contributed by atoms with Crippen LogP contribution in [-0.4, -0.2) is 39.5 Å². The number of anilines is 1. The van der Waals surface area contributed by atoms with Crippen LogP contribution < -0.4 is 9.64 Å². The maximum absolute atomic E-state index is 12.7. The quantitative estimate of drug-likeness (QED) is 0.337. The van der Waals surface area contributed by atoms with Crippen LogP contribution in [0.15, 0.2) is 54.9 Å². The molecule has 1 atom stereocenters. The van der Waals surface area contributed by atoms with Crippen molar-refractivity contribution in [2.75, 3.05) is 18.0 Å². The van der Waals surface area contributed by atoms with Crippen molar-refractivity contribution in [2.45, 2.75) is 12.5 Å². The first-order valence-electron chi connectivity index (χ1n) is 9.40. The van der Waals surface area contributed by atoms with Crippen LogP contribution in [0.4, 0.5) is 11.4 Å². The molecule has 2 heterocycles. The minimum absolute atomic E-state index is 0.113. The predicted molar refractivity (Wildman–Crippen MR) is 112 cm³/mol. The minimum atomic E-state index is -0.463. The average Bonchev–Trinajstić information content (AvgIpc) is 3.36. The third kappa shape index (κ3) is 3.99. The Labute approximate surface area is 177 Å². The van der Waals surface area contributed by atoms with E-state index in [-0.39, 0.29) is 29.0 Å². The van der Waals surface area contributed by atoms with Crippen LogP contribution in [0.3, 0.4) is 0 Å². The van der Waals surface area contributed by atoms with Crippen LogP contribution >= 0.6 is 11.6 Å². The zero-order chi connectivity index (χ0) is 21.3. The summed E-state index contributed by atoms with van der Waals surface area (Å²) in [5.74, 6) is 0.536. The van der Waals surface area contributed by atoms with Crippen molar-refractivity contribution in [3.63, 3.8) is 0 Å². The summed E-state index contributed by atoms with van der Waals surface area (Å²) < 4.78 is 7.55. The molecule has 30 heavy (non-hydrogen) atoms. The van der Waals surface area contributed by atoms with E-state index in [1.54, 1.807) is 42.1 Å². The van der Waals surface area contributed by atoms with Gasteiger partial charge in [-0.05, 0) is 30.3 Å². The molecule has 1 aliphatic heterocycles. The number of ether oxygens (including phenoxy) is 1. The van der Waals surface area contributed by atoms with Crippen molar-refractivity contribution in [3.05, 3.63) is 81.4 Å². The third-order valence-corrected chi connectivity index (χ3v) is 5.28. The molecule has 1 fully saturated rings. The Bertz CT molecular complexity index is 1110. The van der Waals surface area contributed by atoms with Gasteiger partial charge in [0.05, 0.1) is 11.5 Å². The SMILES string of the molecule is Cn1ccnc1C(=O)c1ccc(N2CCC(Oc3cccc(Cl)c3)C2)c([N+](=O)[O-])c1. The molecule has 1 aromatic heterocycles. The highest BCUT2D eigenvalue weighted by Gasteiger charge is 2.30. The van der Waals surface area contributed by atoms with Gasteiger partial charge < -0.3 is 14.2 Å². The smallest absolute Gasteiger partial charge is 0.293 e. The van der Waals surface area contributed by atoms with Crippen molar-refractivity contribution >= 4 is 28.8 Å². The van der Waals surface area contributed by atoms with E-state index in [1.807, 2.05) is 17.0 Å². The number of benzene rings is 2. The number of ketones is 1. The summed E-state index contributed by atoms with van der Waals surface area (Å²) in [6.07, 6.45) is 3.77. The molecule has 1 aliphatic rings. The molecule has 3 aromatic rings. The van der Waals surface area contributed by atoms with Crippen LogP contribution in [0.2, 0.25) is 5.02 Å². The van der Waals surface area contributed by atoms with Gasteiger partial charge >= 0.3 is 0 Å². The molecule has 9 heteroatoms. The number of hydrogen-bond acceptors (Lipinski definition) is 6. The lowest BCUT2D eigenvalue weighted by atomic mass is 10.1. The highest BCUT2D eigenvalue weighted by atomic mass is 35.5. The van der Waals surface area contributed by atoms with Gasteiger partial charge in [0.2, 0.25) is 5.78 Å². The van der Waals surface area contributed by atoms with Gasteiger partial charge in [-0.1, -0.05) is 17.7 Å². The number of hydrogen-bond donors (Lipinski definition) is 0. The second-order valence-corrected chi connectivity index (χ2v) is 7.52. The van der Waals surface area contributed by atoms with E-state index >= 15 is 0 Å². The average molecular weight is 427 g/mol. The molecule has 2 aromatic carbocycles. The summed E-state index contributed by atoms with van der Waals surface area (Å²) in [7, 11) is 1.70. The van der Waals surface area contributed by atoms with Gasteiger partial charge in [-0.3, -0.25) is 14.9 Å². The first-order valence-corrected chi connectivity index (χ1v) is 9.78. The maximum Gasteiger partial charge on any atom is 0.293 e. The van der Waals surface area contributed by atoms with Crippen LogP contribution in [-0.2, 0) is 7.05 Å². The lowest BCUT2D eigenvalue weighted by Gasteiger charge is -2.19. The van der Waals surface area contributed by atoms with Crippen LogP contribution in [0.1, 0.15) is 22.6 Å². The largest absolute Gasteiger partial charge is 0.488 e. The Morgan fingerprint density at radius 1 is 1.30 bits per heavy atom. The normalized spacial score (nSPS) is 15.9. The molecule has 0 amide bonds. The molecule has 0 bridgehead atoms. The van der Waals surface area contributed by atoms with Gasteiger partial charge in [0, 0.05) is 49.1 Å². The first-order chi connectivity index (χ1) is 14.4. The van der Waals surface area contributed by atoms with Crippen molar-refractivity contribution < 1.29 is 14.5 Å². The zero-order valence-electron chi connectivity index (χ0n) is 16.2. The highest BCUT2D eigenvalue weighted by molar-refractivity contribution is 6.30. The lowest BCUT2D eigenvalue weighted by Crippen LogP contribution is -2.25. The van der Waals surface area contributed by atoms with Crippen molar-refractivity contribution in [1.82, 2.24) is 9.55 Å².